The second-order valence-electron chi connectivity index (χ2n) is 9.94. The van der Waals surface area contributed by atoms with Crippen molar-refractivity contribution < 1.29 is 0 Å². The molecule has 0 N–H and O–H groups in total. The molecule has 0 fully saturated rings. The summed E-state index contributed by atoms with van der Waals surface area (Å²) in [6.07, 6.45) is 3.73. The van der Waals surface area contributed by atoms with Crippen molar-refractivity contribution >= 4 is 43.6 Å². The molecule has 8 aromatic rings. The highest BCUT2D eigenvalue weighted by Gasteiger charge is 2.22. The normalized spacial score (nSPS) is 11.5. The molecule has 0 radical (unpaired) electrons. The summed E-state index contributed by atoms with van der Waals surface area (Å²) in [5, 5.41) is 15.2. The van der Waals surface area contributed by atoms with Crippen LogP contribution < -0.4 is 0 Å². The summed E-state index contributed by atoms with van der Waals surface area (Å²) in [4.78, 5) is 4.58. The molecule has 0 aliphatic carbocycles. The second kappa shape index (κ2) is 8.69. The third-order valence-electron chi connectivity index (χ3n) is 7.87. The minimum atomic E-state index is 0.606. The van der Waals surface area contributed by atoms with Gasteiger partial charge in [-0.3, -0.25) is 4.98 Å². The molecule has 0 aliphatic rings. The van der Waals surface area contributed by atoms with Crippen LogP contribution in [0, 0.1) is 11.3 Å². The summed E-state index contributed by atoms with van der Waals surface area (Å²) < 4.78 is 4.58. The van der Waals surface area contributed by atoms with Crippen molar-refractivity contribution in [2.45, 2.75) is 0 Å². The maximum Gasteiger partial charge on any atom is 0.0999 e. The first-order chi connectivity index (χ1) is 19.8. The lowest BCUT2D eigenvalue weighted by molar-refractivity contribution is 1.14. The maximum atomic E-state index is 10.4. The molecule has 8 rings (SSSR count). The third-order valence-corrected chi connectivity index (χ3v) is 7.87. The molecule has 40 heavy (non-hydrogen) atoms. The number of pyridine rings is 1. The lowest BCUT2D eigenvalue weighted by Gasteiger charge is -2.19. The second-order valence-corrected chi connectivity index (χ2v) is 9.94. The van der Waals surface area contributed by atoms with Gasteiger partial charge in [0.1, 0.15) is 0 Å². The van der Waals surface area contributed by atoms with Crippen LogP contribution in [0.4, 0.5) is 0 Å². The molecule has 3 heterocycles. The summed E-state index contributed by atoms with van der Waals surface area (Å²) in [6.45, 7) is 0. The van der Waals surface area contributed by atoms with Gasteiger partial charge in [0, 0.05) is 45.1 Å². The minimum absolute atomic E-state index is 0.606. The van der Waals surface area contributed by atoms with Crippen molar-refractivity contribution in [2.24, 2.45) is 0 Å². The molecular weight excluding hydrogens is 488 g/mol. The monoisotopic (exact) mass is 510 g/mol. The summed E-state index contributed by atoms with van der Waals surface area (Å²) >= 11 is 0. The molecule has 0 bridgehead atoms. The van der Waals surface area contributed by atoms with Gasteiger partial charge in [-0.05, 0) is 42.5 Å². The van der Waals surface area contributed by atoms with E-state index in [2.05, 4.69) is 129 Å². The Labute approximate surface area is 230 Å². The van der Waals surface area contributed by atoms with E-state index in [1.165, 1.54) is 21.5 Å². The highest BCUT2D eigenvalue weighted by atomic mass is 15.0. The van der Waals surface area contributed by atoms with E-state index in [-0.39, 0.29) is 0 Å². The number of nitriles is 1. The van der Waals surface area contributed by atoms with E-state index in [4.69, 9.17) is 0 Å². The number of fused-ring (bicyclic) bond motifs is 6. The number of aromatic nitrogens is 3. The molecule has 0 unspecified atom stereocenters. The van der Waals surface area contributed by atoms with E-state index in [0.29, 0.717) is 5.56 Å². The lowest BCUT2D eigenvalue weighted by Crippen LogP contribution is -2.03. The molecule has 0 spiro atoms. The summed E-state index contributed by atoms with van der Waals surface area (Å²) in [6, 6.07) is 44.4. The number of benzene rings is 5. The zero-order valence-electron chi connectivity index (χ0n) is 21.5. The first kappa shape index (κ1) is 22.3. The van der Waals surface area contributed by atoms with E-state index in [0.717, 1.165) is 44.6 Å². The van der Waals surface area contributed by atoms with Gasteiger partial charge in [0.2, 0.25) is 0 Å². The molecule has 3 aromatic heterocycles. The number of para-hydroxylation sites is 4. The van der Waals surface area contributed by atoms with E-state index in [1.54, 1.807) is 0 Å². The fourth-order valence-corrected chi connectivity index (χ4v) is 6.24. The Hall–Kier alpha value is -5.66. The average Bonchev–Trinajstić information content (AvgIpc) is 3.54. The Morgan fingerprint density at radius 3 is 1.48 bits per heavy atom. The molecule has 0 saturated carbocycles. The smallest absolute Gasteiger partial charge is 0.0999 e. The van der Waals surface area contributed by atoms with Gasteiger partial charge < -0.3 is 9.13 Å². The average molecular weight is 511 g/mol. The summed E-state index contributed by atoms with van der Waals surface area (Å²) in [7, 11) is 0. The molecule has 5 aromatic carbocycles. The fraction of sp³-hybridized carbons (Fsp3) is 0. The first-order valence-electron chi connectivity index (χ1n) is 13.3. The van der Waals surface area contributed by atoms with Crippen LogP contribution in [0.1, 0.15) is 5.56 Å². The molecular formula is C36H22N4. The number of rotatable bonds is 3. The Balaban J connectivity index is 1.51. The zero-order valence-corrected chi connectivity index (χ0v) is 21.5. The van der Waals surface area contributed by atoms with Crippen LogP contribution in [0.3, 0.4) is 0 Å². The van der Waals surface area contributed by atoms with Gasteiger partial charge in [0.15, 0.2) is 0 Å². The van der Waals surface area contributed by atoms with Crippen LogP contribution in [0.15, 0.2) is 134 Å². The van der Waals surface area contributed by atoms with Crippen LogP contribution >= 0.6 is 0 Å². The fourth-order valence-electron chi connectivity index (χ4n) is 6.24. The standard InChI is InChI=1S/C36H22N4/c37-22-24-10-9-19-35(40-32-17-7-3-13-27(32)28-14-4-8-18-33(28)40)36(24)29-23-38-21-20-34(29)39-30-15-5-1-11-25(30)26-12-2-6-16-31(26)39/h1-21,23H. The highest BCUT2D eigenvalue weighted by Crippen LogP contribution is 2.41. The third kappa shape index (κ3) is 3.09. The Morgan fingerprint density at radius 1 is 0.500 bits per heavy atom. The summed E-state index contributed by atoms with van der Waals surface area (Å²) in [5.74, 6) is 0. The van der Waals surface area contributed by atoms with Crippen molar-refractivity contribution in [2.75, 3.05) is 0 Å². The van der Waals surface area contributed by atoms with Gasteiger partial charge in [-0.25, -0.2) is 0 Å². The van der Waals surface area contributed by atoms with Crippen molar-refractivity contribution in [3.05, 3.63) is 139 Å². The Bertz CT molecular complexity index is 2190. The first-order valence-corrected chi connectivity index (χ1v) is 13.3. The summed E-state index contributed by atoms with van der Waals surface area (Å²) in [5.41, 5.74) is 8.74. The van der Waals surface area contributed by atoms with Gasteiger partial charge in [-0.1, -0.05) is 78.9 Å². The van der Waals surface area contributed by atoms with Gasteiger partial charge in [-0.15, -0.1) is 0 Å². The zero-order chi connectivity index (χ0) is 26.6. The maximum absolute atomic E-state index is 10.4. The van der Waals surface area contributed by atoms with Crippen LogP contribution in [0.2, 0.25) is 0 Å². The van der Waals surface area contributed by atoms with Crippen LogP contribution in [0.25, 0.3) is 66.1 Å². The van der Waals surface area contributed by atoms with Crippen molar-refractivity contribution in [1.29, 1.82) is 5.26 Å². The van der Waals surface area contributed by atoms with Crippen molar-refractivity contribution in [1.82, 2.24) is 14.1 Å². The predicted octanol–water partition coefficient (Wildman–Crippen LogP) is 8.81. The van der Waals surface area contributed by atoms with Gasteiger partial charge in [0.25, 0.3) is 0 Å². The molecule has 4 heteroatoms. The number of hydrogen-bond acceptors (Lipinski definition) is 2. The molecule has 0 saturated heterocycles. The largest absolute Gasteiger partial charge is 0.309 e. The van der Waals surface area contributed by atoms with Gasteiger partial charge in [-0.2, -0.15) is 5.26 Å². The van der Waals surface area contributed by atoms with Gasteiger partial charge in [0.05, 0.1) is 45.1 Å². The van der Waals surface area contributed by atoms with Gasteiger partial charge >= 0.3 is 0 Å². The van der Waals surface area contributed by atoms with E-state index in [9.17, 15) is 5.26 Å². The SMILES string of the molecule is N#Cc1cccc(-n2c3ccccc3c3ccccc32)c1-c1cnccc1-n1c2ccccc2c2ccccc21. The number of nitrogens with zero attached hydrogens (tertiary/aromatic N) is 4. The number of hydrogen-bond donors (Lipinski definition) is 0. The van der Waals surface area contributed by atoms with Crippen LogP contribution in [-0.2, 0) is 0 Å². The molecule has 0 aliphatic heterocycles. The van der Waals surface area contributed by atoms with Crippen molar-refractivity contribution in [3.63, 3.8) is 0 Å². The molecule has 0 amide bonds. The quantitative estimate of drug-likeness (QED) is 0.238. The van der Waals surface area contributed by atoms with Crippen LogP contribution in [0.5, 0.6) is 0 Å². The van der Waals surface area contributed by atoms with E-state index >= 15 is 0 Å². The van der Waals surface area contributed by atoms with E-state index in [1.807, 2.05) is 24.5 Å². The van der Waals surface area contributed by atoms with E-state index < -0.39 is 0 Å². The highest BCUT2D eigenvalue weighted by molar-refractivity contribution is 6.11. The predicted molar refractivity (Wildman–Crippen MR) is 163 cm³/mol. The molecule has 4 nitrogen and oxygen atoms in total. The topological polar surface area (TPSA) is 46.5 Å². The Kier molecular flexibility index (Phi) is 4.85. The van der Waals surface area contributed by atoms with Crippen LogP contribution in [-0.4, -0.2) is 14.1 Å². The molecule has 0 atom stereocenters. The lowest BCUT2D eigenvalue weighted by atomic mass is 9.97. The Morgan fingerprint density at radius 2 is 0.975 bits per heavy atom. The molecule has 186 valence electrons. The minimum Gasteiger partial charge on any atom is -0.309 e. The van der Waals surface area contributed by atoms with Crippen molar-refractivity contribution in [3.8, 4) is 28.6 Å².